The van der Waals surface area contributed by atoms with Crippen LogP contribution in [0, 0.1) is 13.8 Å². The Morgan fingerprint density at radius 1 is 1.36 bits per heavy atom. The van der Waals surface area contributed by atoms with Gasteiger partial charge in [-0.2, -0.15) is 5.10 Å². The Balaban J connectivity index is 2.24. The molecule has 1 atom stereocenters. The Bertz CT molecular complexity index is 935. The lowest BCUT2D eigenvalue weighted by Gasteiger charge is -2.14. The summed E-state index contributed by atoms with van der Waals surface area (Å²) in [5.41, 5.74) is 1.23. The molecule has 0 aliphatic heterocycles. The van der Waals surface area contributed by atoms with Crippen LogP contribution in [0.4, 0.5) is 0 Å². The van der Waals surface area contributed by atoms with E-state index >= 15 is 0 Å². The largest absolute Gasteiger partial charge is 0.464 e. The van der Waals surface area contributed by atoms with E-state index in [1.165, 1.54) is 9.56 Å². The van der Waals surface area contributed by atoms with E-state index in [1.54, 1.807) is 25.2 Å². The Morgan fingerprint density at radius 3 is 2.77 bits per heavy atom. The van der Waals surface area contributed by atoms with E-state index in [-0.39, 0.29) is 12.2 Å². The minimum Gasteiger partial charge on any atom is -0.464 e. The Labute approximate surface area is 130 Å². The van der Waals surface area contributed by atoms with Crippen LogP contribution in [-0.2, 0) is 9.53 Å². The van der Waals surface area contributed by atoms with Crippen LogP contribution in [0.1, 0.15) is 30.6 Å². The summed E-state index contributed by atoms with van der Waals surface area (Å²) in [5.74, 6) is 0.212. The number of fused-ring (bicyclic) bond motifs is 3. The van der Waals surface area contributed by atoms with Crippen LogP contribution in [0.2, 0.25) is 0 Å². The summed E-state index contributed by atoms with van der Waals surface area (Å²) in [4.78, 5) is 25.7. The van der Waals surface area contributed by atoms with Gasteiger partial charge in [0.2, 0.25) is 0 Å². The molecular weight excluding hydrogens is 302 g/mol. The zero-order valence-electron chi connectivity index (χ0n) is 12.9. The molecule has 0 aliphatic carbocycles. The second kappa shape index (κ2) is 5.24. The number of ether oxygens (including phenoxy) is 1. The van der Waals surface area contributed by atoms with Crippen LogP contribution < -0.4 is 5.56 Å². The molecule has 1 unspecified atom stereocenters. The lowest BCUT2D eigenvalue weighted by Crippen LogP contribution is -2.33. The molecule has 0 aromatic carbocycles. The Morgan fingerprint density at radius 2 is 2.09 bits per heavy atom. The summed E-state index contributed by atoms with van der Waals surface area (Å²) < 4.78 is 9.07. The molecule has 116 valence electrons. The van der Waals surface area contributed by atoms with Crippen LogP contribution in [0.5, 0.6) is 0 Å². The van der Waals surface area contributed by atoms with Crippen molar-refractivity contribution in [2.75, 3.05) is 6.61 Å². The quantitative estimate of drug-likeness (QED) is 0.696. The number of carbonyl (C=O) groups excluding carboxylic acids is 1. The molecule has 3 heterocycles. The molecule has 0 radical (unpaired) electrons. The molecule has 0 N–H and O–H groups in total. The molecule has 3 rings (SSSR count). The third-order valence-corrected chi connectivity index (χ3v) is 4.60. The van der Waals surface area contributed by atoms with E-state index < -0.39 is 12.0 Å². The predicted molar refractivity (Wildman–Crippen MR) is 85.7 cm³/mol. The van der Waals surface area contributed by atoms with Gasteiger partial charge in [0.15, 0.2) is 6.04 Å². The van der Waals surface area contributed by atoms with E-state index in [1.807, 2.05) is 30.4 Å². The van der Waals surface area contributed by atoms with Gasteiger partial charge in [0, 0.05) is 4.88 Å². The molecule has 0 bridgehead atoms. The maximum atomic E-state index is 12.7. The minimum absolute atomic E-state index is 0.277. The first-order valence-corrected chi connectivity index (χ1v) is 7.93. The first-order chi connectivity index (χ1) is 10.4. The van der Waals surface area contributed by atoms with E-state index in [0.717, 1.165) is 10.2 Å². The first kappa shape index (κ1) is 14.8. The third-order valence-electron chi connectivity index (χ3n) is 3.61. The number of carbonyl (C=O) groups is 1. The van der Waals surface area contributed by atoms with Crippen molar-refractivity contribution in [3.05, 3.63) is 33.2 Å². The second-order valence-corrected chi connectivity index (χ2v) is 6.48. The van der Waals surface area contributed by atoms with E-state index in [2.05, 4.69) is 5.10 Å². The van der Waals surface area contributed by atoms with Gasteiger partial charge in [-0.25, -0.2) is 9.48 Å². The smallest absolute Gasteiger partial charge is 0.330 e. The Kier molecular flexibility index (Phi) is 3.52. The lowest BCUT2D eigenvalue weighted by atomic mass is 10.3. The fraction of sp³-hybridized carbons (Fsp3) is 0.400. The lowest BCUT2D eigenvalue weighted by molar-refractivity contribution is -0.147. The highest BCUT2D eigenvalue weighted by atomic mass is 32.1. The van der Waals surface area contributed by atoms with E-state index in [9.17, 15) is 9.59 Å². The second-order valence-electron chi connectivity index (χ2n) is 5.20. The van der Waals surface area contributed by atoms with Crippen molar-refractivity contribution in [3.8, 4) is 0 Å². The third kappa shape index (κ3) is 2.12. The van der Waals surface area contributed by atoms with E-state index in [4.69, 9.17) is 4.74 Å². The number of nitrogens with zero attached hydrogens (tertiary/aromatic N) is 3. The number of esters is 1. The molecule has 0 fully saturated rings. The van der Waals surface area contributed by atoms with Crippen LogP contribution in [0.3, 0.4) is 0 Å². The average Bonchev–Trinajstić information content (AvgIpc) is 2.98. The maximum absolute atomic E-state index is 12.7. The number of aryl methyl sites for hydroxylation is 2. The molecular formula is C15H17N3O3S. The summed E-state index contributed by atoms with van der Waals surface area (Å²) in [6, 6.07) is 3.16. The molecule has 6 nitrogen and oxygen atoms in total. The summed E-state index contributed by atoms with van der Waals surface area (Å²) >= 11 is 1.64. The SMILES string of the molecule is CCOC(=O)C(C)n1nc(C)n2c(cc3sc(C)cc32)c1=O. The summed E-state index contributed by atoms with van der Waals surface area (Å²) in [6.07, 6.45) is 0. The fourth-order valence-electron chi connectivity index (χ4n) is 2.61. The van der Waals surface area contributed by atoms with Crippen molar-refractivity contribution in [1.29, 1.82) is 0 Å². The predicted octanol–water partition coefficient (Wildman–Crippen LogP) is 2.45. The number of rotatable bonds is 3. The van der Waals surface area contributed by atoms with Crippen molar-refractivity contribution in [2.24, 2.45) is 0 Å². The van der Waals surface area contributed by atoms with Crippen molar-refractivity contribution in [2.45, 2.75) is 33.7 Å². The van der Waals surface area contributed by atoms with Crippen molar-refractivity contribution in [3.63, 3.8) is 0 Å². The standard InChI is InChI=1S/C15H17N3O3S/c1-5-21-15(20)9(3)18-14(19)12-7-13-11(6-8(2)22-13)17(12)10(4)16-18/h6-7,9H,5H2,1-4H3. The van der Waals surface area contributed by atoms with Gasteiger partial charge in [0.1, 0.15) is 11.3 Å². The van der Waals surface area contributed by atoms with Gasteiger partial charge >= 0.3 is 5.97 Å². The van der Waals surface area contributed by atoms with Gasteiger partial charge in [-0.3, -0.25) is 9.20 Å². The van der Waals surface area contributed by atoms with Crippen LogP contribution >= 0.6 is 11.3 Å². The molecule has 0 amide bonds. The average molecular weight is 319 g/mol. The van der Waals surface area contributed by atoms with Gasteiger partial charge in [-0.05, 0) is 39.8 Å². The first-order valence-electron chi connectivity index (χ1n) is 7.11. The highest BCUT2D eigenvalue weighted by Gasteiger charge is 2.22. The minimum atomic E-state index is -0.745. The summed E-state index contributed by atoms with van der Waals surface area (Å²) in [6.45, 7) is 7.49. The maximum Gasteiger partial charge on any atom is 0.330 e. The summed E-state index contributed by atoms with van der Waals surface area (Å²) in [5, 5.41) is 4.31. The van der Waals surface area contributed by atoms with Crippen LogP contribution in [0.15, 0.2) is 16.9 Å². The zero-order valence-corrected chi connectivity index (χ0v) is 13.7. The molecule has 22 heavy (non-hydrogen) atoms. The number of thiophene rings is 1. The van der Waals surface area contributed by atoms with Crippen molar-refractivity contribution < 1.29 is 9.53 Å². The topological polar surface area (TPSA) is 65.6 Å². The van der Waals surface area contributed by atoms with Gasteiger partial charge < -0.3 is 4.74 Å². The molecule has 0 saturated carbocycles. The molecule has 0 saturated heterocycles. The Hall–Kier alpha value is -2.15. The normalized spacial score (nSPS) is 12.9. The number of hydrogen-bond donors (Lipinski definition) is 0. The van der Waals surface area contributed by atoms with E-state index in [0.29, 0.717) is 11.3 Å². The van der Waals surface area contributed by atoms with Crippen LogP contribution in [-0.4, -0.2) is 26.8 Å². The van der Waals surface area contributed by atoms with Gasteiger partial charge in [-0.15, -0.1) is 11.3 Å². The number of aromatic nitrogens is 3. The van der Waals surface area contributed by atoms with Gasteiger partial charge in [-0.1, -0.05) is 0 Å². The molecule has 0 spiro atoms. The molecule has 0 aliphatic rings. The highest BCUT2D eigenvalue weighted by molar-refractivity contribution is 7.19. The van der Waals surface area contributed by atoms with Gasteiger partial charge in [0.05, 0.1) is 16.8 Å². The van der Waals surface area contributed by atoms with Crippen LogP contribution in [0.25, 0.3) is 15.7 Å². The molecule has 3 aromatic heterocycles. The molecule has 3 aromatic rings. The monoisotopic (exact) mass is 319 g/mol. The summed E-state index contributed by atoms with van der Waals surface area (Å²) in [7, 11) is 0. The van der Waals surface area contributed by atoms with Crippen molar-refractivity contribution in [1.82, 2.24) is 14.2 Å². The van der Waals surface area contributed by atoms with Gasteiger partial charge in [0.25, 0.3) is 5.56 Å². The van der Waals surface area contributed by atoms with Crippen molar-refractivity contribution >= 4 is 33.0 Å². The zero-order chi connectivity index (χ0) is 16.0. The fourth-order valence-corrected chi connectivity index (χ4v) is 3.55. The number of hydrogen-bond acceptors (Lipinski definition) is 5. The highest BCUT2D eigenvalue weighted by Crippen LogP contribution is 2.28. The molecule has 7 heteroatoms.